The molecule has 0 saturated carbocycles. The smallest absolute Gasteiger partial charge is 0.180 e. The van der Waals surface area contributed by atoms with E-state index >= 15 is 0 Å². The zero-order valence-electron chi connectivity index (χ0n) is 28.3. The molecule has 0 fully saturated rings. The van der Waals surface area contributed by atoms with Crippen LogP contribution in [-0.2, 0) is 0 Å². The van der Waals surface area contributed by atoms with Crippen LogP contribution in [-0.4, -0.2) is 12.6 Å². The van der Waals surface area contributed by atoms with Gasteiger partial charge in [-0.05, 0) is 98.6 Å². The fourth-order valence-electron chi connectivity index (χ4n) is 8.58. The van der Waals surface area contributed by atoms with Gasteiger partial charge < -0.3 is 9.47 Å². The molecule has 0 bridgehead atoms. The first kappa shape index (κ1) is 30.7. The lowest BCUT2D eigenvalue weighted by Gasteiger charge is -2.32. The summed E-state index contributed by atoms with van der Waals surface area (Å²) in [6.07, 6.45) is 0. The molecule has 0 radical (unpaired) electrons. The van der Waals surface area contributed by atoms with Crippen molar-refractivity contribution in [3.8, 4) is 16.8 Å². The normalized spacial score (nSPS) is 12.9. The Labute approximate surface area is 309 Å². The predicted molar refractivity (Wildman–Crippen MR) is 223 cm³/mol. The van der Waals surface area contributed by atoms with E-state index in [1.54, 1.807) is 0 Å². The Morgan fingerprint density at radius 3 is 1.62 bits per heavy atom. The van der Waals surface area contributed by atoms with Crippen molar-refractivity contribution < 1.29 is 0 Å². The molecule has 1 aromatic heterocycles. The lowest BCUT2D eigenvalue weighted by molar-refractivity contribution is 1.18. The molecule has 0 atom stereocenters. The van der Waals surface area contributed by atoms with Crippen LogP contribution < -0.4 is 25.6 Å². The summed E-state index contributed by atoms with van der Waals surface area (Å²) in [6.45, 7) is 0. The molecule has 4 heteroatoms. The van der Waals surface area contributed by atoms with Crippen molar-refractivity contribution >= 4 is 79.3 Å². The average Bonchev–Trinajstić information content (AvgIpc) is 3.69. The fraction of sp³-hybridized carbons (Fsp3) is 0. The third-order valence-electron chi connectivity index (χ3n) is 10.7. The largest absolute Gasteiger partial charge is 0.310 e. The molecule has 246 valence electrons. The highest BCUT2D eigenvalue weighted by atomic mass is 35.5. The molecule has 2 heterocycles. The molecule has 9 aromatic rings. The number of aromatic nitrogens is 1. The van der Waals surface area contributed by atoms with Gasteiger partial charge >= 0.3 is 0 Å². The topological polar surface area (TPSA) is 8.17 Å². The first-order valence-corrected chi connectivity index (χ1v) is 20.1. The maximum atomic E-state index is 6.83. The van der Waals surface area contributed by atoms with Crippen LogP contribution in [0, 0.1) is 0 Å². The minimum Gasteiger partial charge on any atom is -0.310 e. The standard InChI is InChI=1S/C48H33ClN2Si/c49-34-25-29-47-43(31-34)44-32-37(27-30-48(44)52(47,39-19-9-3-10-20-39)40-21-11-4-12-22-40)50(35-15-5-1-6-16-35)38-26-28-42-41-23-13-14-24-45(41)51(46(42)33-38)36-17-7-2-8-18-36/h1-33H. The Bertz CT molecular complexity index is 2700. The summed E-state index contributed by atoms with van der Waals surface area (Å²) in [6, 6.07) is 72.8. The number of rotatable bonds is 6. The summed E-state index contributed by atoms with van der Waals surface area (Å²) in [5.74, 6) is 0. The monoisotopic (exact) mass is 700 g/mol. The number of benzene rings is 8. The van der Waals surface area contributed by atoms with Gasteiger partial charge in [0.1, 0.15) is 0 Å². The molecule has 52 heavy (non-hydrogen) atoms. The molecule has 2 nitrogen and oxygen atoms in total. The van der Waals surface area contributed by atoms with Gasteiger partial charge in [0.15, 0.2) is 8.07 Å². The molecule has 0 N–H and O–H groups in total. The number of hydrogen-bond acceptors (Lipinski definition) is 1. The van der Waals surface area contributed by atoms with E-state index in [-0.39, 0.29) is 0 Å². The molecule has 0 saturated heterocycles. The van der Waals surface area contributed by atoms with Crippen molar-refractivity contribution in [1.82, 2.24) is 4.57 Å². The molecule has 0 amide bonds. The van der Waals surface area contributed by atoms with Gasteiger partial charge in [-0.3, -0.25) is 0 Å². The van der Waals surface area contributed by atoms with Gasteiger partial charge in [-0.2, -0.15) is 0 Å². The van der Waals surface area contributed by atoms with E-state index in [1.807, 2.05) is 0 Å². The van der Waals surface area contributed by atoms with E-state index in [0.29, 0.717) is 0 Å². The van der Waals surface area contributed by atoms with Crippen molar-refractivity contribution in [2.24, 2.45) is 0 Å². The maximum Gasteiger partial charge on any atom is 0.180 e. The molecule has 10 rings (SSSR count). The van der Waals surface area contributed by atoms with Crippen LogP contribution >= 0.6 is 11.6 Å². The summed E-state index contributed by atoms with van der Waals surface area (Å²) in [7, 11) is -2.65. The van der Waals surface area contributed by atoms with Crippen molar-refractivity contribution in [2.75, 3.05) is 4.90 Å². The third-order valence-corrected chi connectivity index (χ3v) is 15.8. The lowest BCUT2D eigenvalue weighted by atomic mass is 10.0. The summed E-state index contributed by atoms with van der Waals surface area (Å²) >= 11 is 6.83. The Morgan fingerprint density at radius 1 is 0.404 bits per heavy atom. The number of nitrogens with zero attached hydrogens (tertiary/aromatic N) is 2. The summed E-state index contributed by atoms with van der Waals surface area (Å²) in [4.78, 5) is 2.39. The van der Waals surface area contributed by atoms with Gasteiger partial charge in [-0.1, -0.05) is 145 Å². The van der Waals surface area contributed by atoms with E-state index in [9.17, 15) is 0 Å². The van der Waals surface area contributed by atoms with E-state index < -0.39 is 8.07 Å². The van der Waals surface area contributed by atoms with Gasteiger partial charge in [-0.25, -0.2) is 0 Å². The number of para-hydroxylation sites is 3. The van der Waals surface area contributed by atoms with Crippen molar-refractivity contribution in [2.45, 2.75) is 0 Å². The van der Waals surface area contributed by atoms with Gasteiger partial charge in [0, 0.05) is 38.5 Å². The average molecular weight is 701 g/mol. The first-order chi connectivity index (χ1) is 25.7. The first-order valence-electron chi connectivity index (χ1n) is 17.7. The van der Waals surface area contributed by atoms with Gasteiger partial charge in [0.25, 0.3) is 0 Å². The van der Waals surface area contributed by atoms with Gasteiger partial charge in [0.05, 0.1) is 11.0 Å². The highest BCUT2D eigenvalue weighted by Gasteiger charge is 2.48. The fourth-order valence-corrected chi connectivity index (χ4v) is 13.9. The quantitative estimate of drug-likeness (QED) is 0.157. The summed E-state index contributed by atoms with van der Waals surface area (Å²) in [5, 5.41) is 8.73. The molecule has 1 aliphatic heterocycles. The summed E-state index contributed by atoms with van der Waals surface area (Å²) < 4.78 is 2.39. The van der Waals surface area contributed by atoms with E-state index in [1.165, 1.54) is 53.7 Å². The van der Waals surface area contributed by atoms with Crippen LogP contribution in [0.4, 0.5) is 17.1 Å². The minimum absolute atomic E-state index is 0.750. The lowest BCUT2D eigenvalue weighted by Crippen LogP contribution is -2.72. The second kappa shape index (κ2) is 12.3. The van der Waals surface area contributed by atoms with E-state index in [0.717, 1.165) is 27.8 Å². The van der Waals surface area contributed by atoms with Crippen molar-refractivity contribution in [1.29, 1.82) is 0 Å². The van der Waals surface area contributed by atoms with Crippen LogP contribution in [0.25, 0.3) is 38.6 Å². The van der Waals surface area contributed by atoms with Gasteiger partial charge in [0.2, 0.25) is 0 Å². The highest BCUT2D eigenvalue weighted by Crippen LogP contribution is 2.41. The zero-order valence-corrected chi connectivity index (χ0v) is 30.1. The number of fused-ring (bicyclic) bond motifs is 6. The summed E-state index contributed by atoms with van der Waals surface area (Å²) in [5.41, 5.74) is 9.27. The van der Waals surface area contributed by atoms with Crippen molar-refractivity contribution in [3.63, 3.8) is 0 Å². The molecule has 0 unspecified atom stereocenters. The van der Waals surface area contributed by atoms with E-state index in [2.05, 4.69) is 210 Å². The second-order valence-corrected chi connectivity index (χ2v) is 17.6. The van der Waals surface area contributed by atoms with Crippen LogP contribution in [0.3, 0.4) is 0 Å². The van der Waals surface area contributed by atoms with Crippen LogP contribution in [0.2, 0.25) is 5.02 Å². The Morgan fingerprint density at radius 2 is 0.923 bits per heavy atom. The maximum absolute atomic E-state index is 6.83. The molecular formula is C48H33ClN2Si. The predicted octanol–water partition coefficient (Wildman–Crippen LogP) is 10.3. The molecular weight excluding hydrogens is 668 g/mol. The molecule has 0 aliphatic carbocycles. The number of hydrogen-bond donors (Lipinski definition) is 0. The number of anilines is 3. The Kier molecular flexibility index (Phi) is 7.24. The van der Waals surface area contributed by atoms with Crippen LogP contribution in [0.1, 0.15) is 0 Å². The molecule has 0 spiro atoms. The second-order valence-electron chi connectivity index (χ2n) is 13.5. The number of halogens is 1. The van der Waals surface area contributed by atoms with Gasteiger partial charge in [-0.15, -0.1) is 0 Å². The minimum atomic E-state index is -2.65. The van der Waals surface area contributed by atoms with Crippen LogP contribution in [0.5, 0.6) is 0 Å². The molecule has 1 aliphatic rings. The zero-order chi connectivity index (χ0) is 34.6. The van der Waals surface area contributed by atoms with Crippen molar-refractivity contribution in [3.05, 3.63) is 205 Å². The Hall–Kier alpha value is -6.13. The third kappa shape index (κ3) is 4.64. The molecule has 8 aromatic carbocycles. The SMILES string of the molecule is Clc1ccc2c(c1)-c1cc(N(c3ccccc3)c3ccc4c5ccccc5n(-c5ccccc5)c4c3)ccc1[Si]2(c1ccccc1)c1ccccc1. The van der Waals surface area contributed by atoms with Crippen LogP contribution in [0.15, 0.2) is 200 Å². The highest BCUT2D eigenvalue weighted by molar-refractivity contribution is 7.22. The Balaban J connectivity index is 1.23. The van der Waals surface area contributed by atoms with E-state index in [4.69, 9.17) is 11.6 Å².